The van der Waals surface area contributed by atoms with Crippen molar-refractivity contribution >= 4 is 35.1 Å². The Bertz CT molecular complexity index is 851. The molecule has 1 heterocycles. The molecule has 0 atom stereocenters. The summed E-state index contributed by atoms with van der Waals surface area (Å²) in [5, 5.41) is 2.20. The van der Waals surface area contributed by atoms with Crippen molar-refractivity contribution in [3.05, 3.63) is 41.3 Å². The van der Waals surface area contributed by atoms with E-state index in [1.165, 1.54) is 0 Å². The van der Waals surface area contributed by atoms with E-state index in [4.69, 9.17) is 10.5 Å². The molecule has 0 saturated heterocycles. The number of anilines is 2. The van der Waals surface area contributed by atoms with E-state index in [1.807, 2.05) is 0 Å². The number of thioether (sulfide) groups is 1. The number of amides is 1. The lowest BCUT2D eigenvalue weighted by atomic mass is 10.3. The zero-order chi connectivity index (χ0) is 19.3. The summed E-state index contributed by atoms with van der Waals surface area (Å²) < 4.78 is 44.2. The molecule has 0 aliphatic heterocycles. The summed E-state index contributed by atoms with van der Waals surface area (Å²) in [6.07, 6.45) is 1.16. The minimum atomic E-state index is -1.68. The SMILES string of the molecule is CCOC(=O)c1cnc(SCC(=O)Nc2ccc(F)c(F)c2F)nc1N. The molecule has 0 aliphatic rings. The van der Waals surface area contributed by atoms with Crippen LogP contribution in [0, 0.1) is 17.5 Å². The van der Waals surface area contributed by atoms with Gasteiger partial charge >= 0.3 is 5.97 Å². The first kappa shape index (κ1) is 19.5. The summed E-state index contributed by atoms with van der Waals surface area (Å²) in [6.45, 7) is 1.79. The van der Waals surface area contributed by atoms with E-state index in [2.05, 4.69) is 15.3 Å². The van der Waals surface area contributed by atoms with Crippen LogP contribution in [0.2, 0.25) is 0 Å². The Labute approximate surface area is 150 Å². The standard InChI is InChI=1S/C15H13F3N4O3S/c1-2-25-14(24)7-5-20-15(22-13(7)19)26-6-10(23)21-9-4-3-8(16)11(17)12(9)18/h3-5H,2,6H2,1H3,(H,21,23)(H2,19,20,22). The number of nitrogens with two attached hydrogens (primary N) is 1. The number of hydrogen-bond donors (Lipinski definition) is 2. The van der Waals surface area contributed by atoms with E-state index in [0.29, 0.717) is 6.07 Å². The molecular weight excluding hydrogens is 373 g/mol. The molecule has 0 aliphatic carbocycles. The lowest BCUT2D eigenvalue weighted by Gasteiger charge is -2.08. The predicted molar refractivity (Wildman–Crippen MR) is 88.1 cm³/mol. The van der Waals surface area contributed by atoms with Crippen molar-refractivity contribution < 1.29 is 27.5 Å². The highest BCUT2D eigenvalue weighted by molar-refractivity contribution is 7.99. The van der Waals surface area contributed by atoms with Crippen LogP contribution in [0.4, 0.5) is 24.7 Å². The van der Waals surface area contributed by atoms with E-state index < -0.39 is 35.0 Å². The number of nitrogen functional groups attached to an aromatic ring is 1. The Kier molecular flexibility index (Phi) is 6.39. The molecular formula is C15H13F3N4O3S. The Hall–Kier alpha value is -2.82. The lowest BCUT2D eigenvalue weighted by Crippen LogP contribution is -2.16. The van der Waals surface area contributed by atoms with E-state index in [1.54, 1.807) is 6.92 Å². The van der Waals surface area contributed by atoms with Crippen molar-refractivity contribution in [3.8, 4) is 0 Å². The molecule has 2 aromatic rings. The van der Waals surface area contributed by atoms with Crippen LogP contribution in [0.3, 0.4) is 0 Å². The Morgan fingerprint density at radius 3 is 2.65 bits per heavy atom. The summed E-state index contributed by atoms with van der Waals surface area (Å²) in [5.74, 6) is -6.28. The normalized spacial score (nSPS) is 10.5. The van der Waals surface area contributed by atoms with Gasteiger partial charge in [0.2, 0.25) is 5.91 Å². The maximum absolute atomic E-state index is 13.5. The van der Waals surface area contributed by atoms with Crippen LogP contribution in [0.15, 0.2) is 23.5 Å². The second kappa shape index (κ2) is 8.52. The van der Waals surface area contributed by atoms with Crippen LogP contribution in [-0.2, 0) is 9.53 Å². The molecule has 11 heteroatoms. The zero-order valence-electron chi connectivity index (χ0n) is 13.4. The number of aromatic nitrogens is 2. The molecule has 0 fully saturated rings. The number of hydrogen-bond acceptors (Lipinski definition) is 7. The van der Waals surface area contributed by atoms with Gasteiger partial charge in [-0.3, -0.25) is 4.79 Å². The van der Waals surface area contributed by atoms with Crippen LogP contribution in [-0.4, -0.2) is 34.2 Å². The first-order valence-corrected chi connectivity index (χ1v) is 8.17. The van der Waals surface area contributed by atoms with Crippen molar-refractivity contribution in [2.75, 3.05) is 23.4 Å². The van der Waals surface area contributed by atoms with Gasteiger partial charge in [-0.1, -0.05) is 11.8 Å². The maximum atomic E-state index is 13.5. The van der Waals surface area contributed by atoms with E-state index >= 15 is 0 Å². The second-order valence-electron chi connectivity index (χ2n) is 4.73. The fourth-order valence-electron chi connectivity index (χ4n) is 1.75. The monoisotopic (exact) mass is 386 g/mol. The number of nitrogens with one attached hydrogen (secondary N) is 1. The fraction of sp³-hybridized carbons (Fsp3) is 0.200. The average molecular weight is 386 g/mol. The number of carbonyl (C=O) groups excluding carboxylic acids is 2. The lowest BCUT2D eigenvalue weighted by molar-refractivity contribution is -0.113. The Morgan fingerprint density at radius 2 is 2.00 bits per heavy atom. The molecule has 1 aromatic carbocycles. The molecule has 26 heavy (non-hydrogen) atoms. The van der Waals surface area contributed by atoms with Gasteiger partial charge in [0.25, 0.3) is 0 Å². The van der Waals surface area contributed by atoms with Crippen LogP contribution >= 0.6 is 11.8 Å². The van der Waals surface area contributed by atoms with Crippen molar-refractivity contribution in [3.63, 3.8) is 0 Å². The largest absolute Gasteiger partial charge is 0.462 e. The van der Waals surface area contributed by atoms with Crippen LogP contribution in [0.5, 0.6) is 0 Å². The van der Waals surface area contributed by atoms with Gasteiger partial charge in [-0.25, -0.2) is 27.9 Å². The van der Waals surface area contributed by atoms with Crippen LogP contribution < -0.4 is 11.1 Å². The molecule has 2 rings (SSSR count). The molecule has 0 saturated carbocycles. The van der Waals surface area contributed by atoms with Gasteiger partial charge in [-0.15, -0.1) is 0 Å². The topological polar surface area (TPSA) is 107 Å². The number of carbonyl (C=O) groups is 2. The summed E-state index contributed by atoms with van der Waals surface area (Å²) in [6, 6.07) is 1.60. The van der Waals surface area contributed by atoms with E-state index in [-0.39, 0.29) is 28.9 Å². The number of nitrogens with zero attached hydrogens (tertiary/aromatic N) is 2. The molecule has 7 nitrogen and oxygen atoms in total. The zero-order valence-corrected chi connectivity index (χ0v) is 14.2. The van der Waals surface area contributed by atoms with E-state index in [9.17, 15) is 22.8 Å². The minimum absolute atomic E-state index is 0.00971. The third-order valence-corrected chi connectivity index (χ3v) is 3.79. The number of esters is 1. The minimum Gasteiger partial charge on any atom is -0.462 e. The number of rotatable bonds is 6. The smallest absolute Gasteiger partial charge is 0.343 e. The third-order valence-electron chi connectivity index (χ3n) is 2.93. The van der Waals surface area contributed by atoms with Gasteiger partial charge in [0, 0.05) is 6.20 Å². The van der Waals surface area contributed by atoms with Crippen molar-refractivity contribution in [1.82, 2.24) is 9.97 Å². The molecule has 0 spiro atoms. The molecule has 1 aromatic heterocycles. The van der Waals surface area contributed by atoms with Gasteiger partial charge in [-0.2, -0.15) is 0 Å². The average Bonchev–Trinajstić information content (AvgIpc) is 2.60. The quantitative estimate of drug-likeness (QED) is 0.340. The highest BCUT2D eigenvalue weighted by Gasteiger charge is 2.17. The van der Waals surface area contributed by atoms with Crippen LogP contribution in [0.25, 0.3) is 0 Å². The molecule has 1 amide bonds. The van der Waals surface area contributed by atoms with Crippen molar-refractivity contribution in [1.29, 1.82) is 0 Å². The Morgan fingerprint density at radius 1 is 1.27 bits per heavy atom. The summed E-state index contributed by atoms with van der Waals surface area (Å²) in [7, 11) is 0. The van der Waals surface area contributed by atoms with Gasteiger partial charge < -0.3 is 15.8 Å². The number of benzene rings is 1. The van der Waals surface area contributed by atoms with Crippen molar-refractivity contribution in [2.24, 2.45) is 0 Å². The third kappa shape index (κ3) is 4.63. The predicted octanol–water partition coefficient (Wildman–Crippen LogP) is 2.38. The highest BCUT2D eigenvalue weighted by Crippen LogP contribution is 2.21. The first-order chi connectivity index (χ1) is 12.3. The highest BCUT2D eigenvalue weighted by atomic mass is 32.2. The van der Waals surface area contributed by atoms with E-state index in [0.717, 1.165) is 24.0 Å². The molecule has 0 unspecified atom stereocenters. The fourth-order valence-corrected chi connectivity index (χ4v) is 2.38. The molecule has 0 bridgehead atoms. The van der Waals surface area contributed by atoms with Gasteiger partial charge in [0.15, 0.2) is 22.6 Å². The number of halogens is 3. The Balaban J connectivity index is 1.98. The first-order valence-electron chi connectivity index (χ1n) is 7.19. The van der Waals surface area contributed by atoms with Gasteiger partial charge in [0.05, 0.1) is 18.0 Å². The van der Waals surface area contributed by atoms with Crippen molar-refractivity contribution in [2.45, 2.75) is 12.1 Å². The van der Waals surface area contributed by atoms with Gasteiger partial charge in [-0.05, 0) is 19.1 Å². The summed E-state index contributed by atoms with van der Waals surface area (Å²) >= 11 is 0.852. The summed E-state index contributed by atoms with van der Waals surface area (Å²) in [5.41, 5.74) is 5.14. The van der Waals surface area contributed by atoms with Gasteiger partial charge in [0.1, 0.15) is 11.4 Å². The summed E-state index contributed by atoms with van der Waals surface area (Å²) in [4.78, 5) is 31.1. The van der Waals surface area contributed by atoms with Crippen LogP contribution in [0.1, 0.15) is 17.3 Å². The second-order valence-corrected chi connectivity index (χ2v) is 5.67. The maximum Gasteiger partial charge on any atom is 0.343 e. The molecule has 3 N–H and O–H groups in total. The number of ether oxygens (including phenoxy) is 1. The molecule has 0 radical (unpaired) electrons. The molecule has 138 valence electrons.